The van der Waals surface area contributed by atoms with Crippen LogP contribution in [0.1, 0.15) is 38.7 Å². The van der Waals surface area contributed by atoms with Gasteiger partial charge in [-0.2, -0.15) is 0 Å². The van der Waals surface area contributed by atoms with Gasteiger partial charge >= 0.3 is 0 Å². The molecule has 0 spiro atoms. The van der Waals surface area contributed by atoms with Crippen LogP contribution in [0.25, 0.3) is 0 Å². The summed E-state index contributed by atoms with van der Waals surface area (Å²) in [6, 6.07) is 8.52. The summed E-state index contributed by atoms with van der Waals surface area (Å²) in [4.78, 5) is 0.586. The lowest BCUT2D eigenvalue weighted by molar-refractivity contribution is 0.305. The first-order valence-electron chi connectivity index (χ1n) is 7.03. The Balaban J connectivity index is 2.19. The van der Waals surface area contributed by atoms with Crippen LogP contribution in [0.5, 0.6) is 5.75 Å². The van der Waals surface area contributed by atoms with Gasteiger partial charge in [-0.1, -0.05) is 57.8 Å². The van der Waals surface area contributed by atoms with Crippen molar-refractivity contribution in [2.75, 3.05) is 11.9 Å². The average Bonchev–Trinajstić information content (AvgIpc) is 2.39. The Kier molecular flexibility index (Phi) is 8.80. The van der Waals surface area contributed by atoms with Crippen LogP contribution in [0, 0.1) is 5.92 Å². The number of alkyl halides is 2. The number of ether oxygens (including phenoxy) is 1. The quantitative estimate of drug-likeness (QED) is 0.393. The molecule has 3 heteroatoms. The van der Waals surface area contributed by atoms with Gasteiger partial charge in [-0.05, 0) is 49.3 Å². The zero-order chi connectivity index (χ0) is 14.1. The predicted octanol–water partition coefficient (Wildman–Crippen LogP) is 5.59. The van der Waals surface area contributed by atoms with Gasteiger partial charge in [-0.3, -0.25) is 0 Å². The number of benzene rings is 1. The Morgan fingerprint density at radius 2 is 1.79 bits per heavy atom. The lowest BCUT2D eigenvalue weighted by Crippen LogP contribution is -2.02. The van der Waals surface area contributed by atoms with Crippen molar-refractivity contribution in [1.29, 1.82) is 0 Å². The Labute approximate surface area is 134 Å². The van der Waals surface area contributed by atoms with Gasteiger partial charge in [-0.25, -0.2) is 0 Å². The van der Waals surface area contributed by atoms with Gasteiger partial charge in [0, 0.05) is 10.2 Å². The summed E-state index contributed by atoms with van der Waals surface area (Å²) in [7, 11) is 0. The molecule has 1 aromatic carbocycles. The maximum atomic E-state index is 5.75. The monoisotopic (exact) mass is 390 g/mol. The molecule has 0 fully saturated rings. The Morgan fingerprint density at radius 1 is 1.11 bits per heavy atom. The van der Waals surface area contributed by atoms with Gasteiger partial charge in [0.25, 0.3) is 0 Å². The number of rotatable bonds is 9. The van der Waals surface area contributed by atoms with Crippen LogP contribution in [0.4, 0.5) is 0 Å². The minimum absolute atomic E-state index is 0.586. The maximum Gasteiger partial charge on any atom is 0.119 e. The van der Waals surface area contributed by atoms with Crippen molar-refractivity contribution >= 4 is 31.9 Å². The topological polar surface area (TPSA) is 9.23 Å². The molecular formula is C16H24Br2O. The van der Waals surface area contributed by atoms with Gasteiger partial charge in [-0.15, -0.1) is 0 Å². The van der Waals surface area contributed by atoms with E-state index < -0.39 is 0 Å². The van der Waals surface area contributed by atoms with Crippen LogP contribution in [0.2, 0.25) is 0 Å². The van der Waals surface area contributed by atoms with E-state index in [0.29, 0.717) is 10.7 Å². The van der Waals surface area contributed by atoms with Crippen LogP contribution < -0.4 is 4.74 Å². The largest absolute Gasteiger partial charge is 0.494 e. The molecule has 0 saturated carbocycles. The first-order valence-corrected chi connectivity index (χ1v) is 9.07. The highest BCUT2D eigenvalue weighted by Gasteiger charge is 2.02. The van der Waals surface area contributed by atoms with Crippen molar-refractivity contribution in [3.05, 3.63) is 29.8 Å². The minimum atomic E-state index is 0.586. The molecule has 1 atom stereocenters. The van der Waals surface area contributed by atoms with E-state index in [4.69, 9.17) is 4.74 Å². The minimum Gasteiger partial charge on any atom is -0.494 e. The van der Waals surface area contributed by atoms with E-state index in [2.05, 4.69) is 70.0 Å². The molecule has 0 bridgehead atoms. The standard InChI is InChI=1S/C16H24Br2O/c1-13(2)11-14-6-8-16(9-7-14)19-10-4-3-5-15(18)12-17/h6-9,13,15H,3-5,10-12H2,1-2H3. The Morgan fingerprint density at radius 3 is 2.37 bits per heavy atom. The molecular weight excluding hydrogens is 368 g/mol. The highest BCUT2D eigenvalue weighted by atomic mass is 79.9. The molecule has 0 aliphatic heterocycles. The number of hydrogen-bond acceptors (Lipinski definition) is 1. The van der Waals surface area contributed by atoms with Crippen LogP contribution >= 0.6 is 31.9 Å². The number of hydrogen-bond donors (Lipinski definition) is 0. The fourth-order valence-corrected chi connectivity index (χ4v) is 2.58. The summed E-state index contributed by atoms with van der Waals surface area (Å²) < 4.78 is 5.75. The van der Waals surface area contributed by atoms with Crippen molar-refractivity contribution in [3.8, 4) is 5.75 Å². The fourth-order valence-electron chi connectivity index (χ4n) is 1.93. The van der Waals surface area contributed by atoms with Gasteiger partial charge < -0.3 is 4.74 Å². The van der Waals surface area contributed by atoms with Crippen LogP contribution in [-0.2, 0) is 6.42 Å². The lowest BCUT2D eigenvalue weighted by Gasteiger charge is -2.09. The summed E-state index contributed by atoms with van der Waals surface area (Å²) in [5.41, 5.74) is 1.39. The van der Waals surface area contributed by atoms with Gasteiger partial charge in [0.05, 0.1) is 6.61 Å². The van der Waals surface area contributed by atoms with Crippen molar-refractivity contribution < 1.29 is 4.74 Å². The van der Waals surface area contributed by atoms with Crippen LogP contribution in [0.3, 0.4) is 0 Å². The second-order valence-electron chi connectivity index (χ2n) is 5.34. The predicted molar refractivity (Wildman–Crippen MR) is 90.8 cm³/mol. The normalized spacial score (nSPS) is 12.7. The summed E-state index contributed by atoms with van der Waals surface area (Å²) in [6.45, 7) is 5.30. The first-order chi connectivity index (χ1) is 9.11. The molecule has 1 unspecified atom stereocenters. The van der Waals surface area contributed by atoms with Gasteiger partial charge in [0.1, 0.15) is 5.75 Å². The van der Waals surface area contributed by atoms with E-state index in [1.54, 1.807) is 0 Å². The Bertz CT molecular complexity index is 335. The van der Waals surface area contributed by atoms with Gasteiger partial charge in [0.2, 0.25) is 0 Å². The van der Waals surface area contributed by atoms with E-state index in [9.17, 15) is 0 Å². The second-order valence-corrected chi connectivity index (χ2v) is 7.28. The van der Waals surface area contributed by atoms with Crippen molar-refractivity contribution in [3.63, 3.8) is 0 Å². The molecule has 0 heterocycles. The van der Waals surface area contributed by atoms with Crippen molar-refractivity contribution in [2.45, 2.75) is 44.4 Å². The number of halogens is 2. The third-order valence-electron chi connectivity index (χ3n) is 2.92. The third-order valence-corrected chi connectivity index (χ3v) is 5.35. The molecule has 1 nitrogen and oxygen atoms in total. The zero-order valence-corrected chi connectivity index (χ0v) is 15.0. The molecule has 0 aliphatic carbocycles. The molecule has 19 heavy (non-hydrogen) atoms. The summed E-state index contributed by atoms with van der Waals surface area (Å²) in [6.07, 6.45) is 4.65. The van der Waals surface area contributed by atoms with Crippen molar-refractivity contribution in [2.24, 2.45) is 5.92 Å². The second kappa shape index (κ2) is 9.82. The highest BCUT2D eigenvalue weighted by Crippen LogP contribution is 2.16. The van der Waals surface area contributed by atoms with Gasteiger partial charge in [0.15, 0.2) is 0 Å². The van der Waals surface area contributed by atoms with E-state index in [1.165, 1.54) is 18.4 Å². The van der Waals surface area contributed by atoms with E-state index in [0.717, 1.165) is 30.5 Å². The molecule has 108 valence electrons. The van der Waals surface area contributed by atoms with E-state index in [-0.39, 0.29) is 0 Å². The molecule has 1 rings (SSSR count). The van der Waals surface area contributed by atoms with Crippen molar-refractivity contribution in [1.82, 2.24) is 0 Å². The highest BCUT2D eigenvalue weighted by molar-refractivity contribution is 9.12. The van der Waals surface area contributed by atoms with Crippen LogP contribution in [-0.4, -0.2) is 16.8 Å². The average molecular weight is 392 g/mol. The number of unbranched alkanes of at least 4 members (excludes halogenated alkanes) is 1. The molecule has 0 aliphatic rings. The van der Waals surface area contributed by atoms with E-state index >= 15 is 0 Å². The molecule has 0 N–H and O–H groups in total. The molecule has 0 aromatic heterocycles. The summed E-state index contributed by atoms with van der Waals surface area (Å²) in [5, 5.41) is 1.02. The smallest absolute Gasteiger partial charge is 0.119 e. The maximum absolute atomic E-state index is 5.75. The molecule has 0 radical (unpaired) electrons. The van der Waals surface area contributed by atoms with E-state index in [1.807, 2.05) is 0 Å². The summed E-state index contributed by atoms with van der Waals surface area (Å²) in [5.74, 6) is 1.70. The molecule has 1 aromatic rings. The molecule has 0 saturated heterocycles. The third kappa shape index (κ3) is 7.98. The zero-order valence-electron chi connectivity index (χ0n) is 11.9. The fraction of sp³-hybridized carbons (Fsp3) is 0.625. The molecule has 0 amide bonds. The Hall–Kier alpha value is -0.0200. The summed E-state index contributed by atoms with van der Waals surface area (Å²) >= 11 is 7.08. The first kappa shape index (κ1) is 17.0. The lowest BCUT2D eigenvalue weighted by atomic mass is 10.0. The SMILES string of the molecule is CC(C)Cc1ccc(OCCCCC(Br)CBr)cc1. The van der Waals surface area contributed by atoms with Crippen LogP contribution in [0.15, 0.2) is 24.3 Å².